The third-order valence-corrected chi connectivity index (χ3v) is 3.28. The molecule has 0 spiro atoms. The number of β-amino-alcohol motifs (C(OH)–C–C–N with tert-alkyl or cyclic N) is 1. The first-order valence-electron chi connectivity index (χ1n) is 6.78. The van der Waals surface area contributed by atoms with Gasteiger partial charge in [0.2, 0.25) is 0 Å². The van der Waals surface area contributed by atoms with Crippen molar-refractivity contribution in [3.63, 3.8) is 0 Å². The van der Waals surface area contributed by atoms with Crippen LogP contribution in [0.1, 0.15) is 34.6 Å². The van der Waals surface area contributed by atoms with Crippen LogP contribution in [0.4, 0.5) is 0 Å². The molecule has 4 nitrogen and oxygen atoms in total. The van der Waals surface area contributed by atoms with Gasteiger partial charge in [0, 0.05) is 38.1 Å². The maximum Gasteiger partial charge on any atom is 0.152 e. The average molecular weight is 256 g/mol. The van der Waals surface area contributed by atoms with Crippen molar-refractivity contribution in [2.24, 2.45) is 5.41 Å². The van der Waals surface area contributed by atoms with Gasteiger partial charge in [0.25, 0.3) is 0 Å². The monoisotopic (exact) mass is 256 g/mol. The molecular weight excluding hydrogens is 228 g/mol. The zero-order chi connectivity index (χ0) is 14.0. The molecule has 1 saturated heterocycles. The summed E-state index contributed by atoms with van der Waals surface area (Å²) in [5, 5.41) is 9.78. The highest BCUT2D eigenvalue weighted by molar-refractivity contribution is 5.85. The summed E-state index contributed by atoms with van der Waals surface area (Å²) >= 11 is 0. The molecule has 0 atom stereocenters. The molecule has 0 bridgehead atoms. The highest BCUT2D eigenvalue weighted by Gasteiger charge is 2.27. The SMILES string of the molecule is CC(C)(O)CN1CCN(CC(=O)C(C)(C)C)CC1. The summed E-state index contributed by atoms with van der Waals surface area (Å²) in [7, 11) is 0. The lowest BCUT2D eigenvalue weighted by molar-refractivity contribution is -0.128. The van der Waals surface area contributed by atoms with Crippen molar-refractivity contribution in [2.45, 2.75) is 40.2 Å². The molecule has 1 aliphatic rings. The van der Waals surface area contributed by atoms with Crippen LogP contribution in [-0.4, -0.2) is 65.6 Å². The Morgan fingerprint density at radius 1 is 1.00 bits per heavy atom. The fourth-order valence-corrected chi connectivity index (χ4v) is 2.09. The summed E-state index contributed by atoms with van der Waals surface area (Å²) in [5.41, 5.74) is -0.881. The van der Waals surface area contributed by atoms with Gasteiger partial charge in [-0.25, -0.2) is 0 Å². The van der Waals surface area contributed by atoms with E-state index < -0.39 is 5.60 Å². The van der Waals surface area contributed by atoms with E-state index in [1.807, 2.05) is 34.6 Å². The molecule has 0 saturated carbocycles. The first-order chi connectivity index (χ1) is 8.08. The number of rotatable bonds is 4. The molecule has 1 heterocycles. The average Bonchev–Trinajstić information content (AvgIpc) is 2.17. The molecule has 0 radical (unpaired) electrons. The zero-order valence-corrected chi connectivity index (χ0v) is 12.5. The number of Topliss-reactive ketones (excluding diaryl/α,β-unsaturated/α-hetero) is 1. The Kier molecular flexibility index (Phi) is 4.92. The second-order valence-corrected chi connectivity index (χ2v) is 7.04. The Labute approximate surface area is 111 Å². The minimum absolute atomic E-state index is 0.246. The van der Waals surface area contributed by atoms with E-state index in [4.69, 9.17) is 0 Å². The molecule has 0 aromatic rings. The summed E-state index contributed by atoms with van der Waals surface area (Å²) < 4.78 is 0. The van der Waals surface area contributed by atoms with Crippen LogP contribution in [0, 0.1) is 5.41 Å². The van der Waals surface area contributed by atoms with Gasteiger partial charge in [-0.1, -0.05) is 20.8 Å². The smallest absolute Gasteiger partial charge is 0.152 e. The summed E-state index contributed by atoms with van der Waals surface area (Å²) in [6, 6.07) is 0. The predicted molar refractivity (Wildman–Crippen MR) is 73.6 cm³/mol. The fourth-order valence-electron chi connectivity index (χ4n) is 2.09. The van der Waals surface area contributed by atoms with Crippen LogP contribution >= 0.6 is 0 Å². The van der Waals surface area contributed by atoms with Crippen LogP contribution in [0.2, 0.25) is 0 Å². The van der Waals surface area contributed by atoms with E-state index >= 15 is 0 Å². The van der Waals surface area contributed by atoms with E-state index in [2.05, 4.69) is 9.80 Å². The molecule has 0 aromatic heterocycles. The maximum absolute atomic E-state index is 11.9. The van der Waals surface area contributed by atoms with Gasteiger partial charge in [0.1, 0.15) is 0 Å². The number of carbonyl (C=O) groups excluding carboxylic acids is 1. The van der Waals surface area contributed by atoms with Gasteiger partial charge < -0.3 is 5.11 Å². The van der Waals surface area contributed by atoms with Gasteiger partial charge in [0.05, 0.1) is 12.1 Å². The molecular formula is C14H28N2O2. The van der Waals surface area contributed by atoms with Crippen LogP contribution < -0.4 is 0 Å². The Bertz CT molecular complexity index is 281. The predicted octanol–water partition coefficient (Wildman–Crippen LogP) is 0.990. The molecule has 18 heavy (non-hydrogen) atoms. The third-order valence-electron chi connectivity index (χ3n) is 3.28. The van der Waals surface area contributed by atoms with Gasteiger partial charge in [-0.3, -0.25) is 14.6 Å². The Balaban J connectivity index is 2.34. The number of piperazine rings is 1. The van der Waals surface area contributed by atoms with E-state index in [0.717, 1.165) is 26.2 Å². The van der Waals surface area contributed by atoms with E-state index in [9.17, 15) is 9.90 Å². The van der Waals surface area contributed by atoms with Crippen LogP contribution in [0.3, 0.4) is 0 Å². The van der Waals surface area contributed by atoms with Crippen LogP contribution in [-0.2, 0) is 4.79 Å². The van der Waals surface area contributed by atoms with Crippen molar-refractivity contribution in [3.05, 3.63) is 0 Å². The van der Waals surface area contributed by atoms with Crippen molar-refractivity contribution in [2.75, 3.05) is 39.3 Å². The molecule has 106 valence electrons. The molecule has 1 fully saturated rings. The molecule has 0 amide bonds. The normalized spacial score (nSPS) is 20.1. The Hall–Kier alpha value is -0.450. The highest BCUT2D eigenvalue weighted by atomic mass is 16.3. The van der Waals surface area contributed by atoms with E-state index in [1.54, 1.807) is 0 Å². The first kappa shape index (κ1) is 15.6. The van der Waals surface area contributed by atoms with Crippen molar-refractivity contribution in [1.82, 2.24) is 9.80 Å². The topological polar surface area (TPSA) is 43.8 Å². The number of hydrogen-bond donors (Lipinski definition) is 1. The lowest BCUT2D eigenvalue weighted by atomic mass is 9.90. The standard InChI is InChI=1S/C14H28N2O2/c1-13(2,3)12(17)10-15-6-8-16(9-7-15)11-14(4,5)18/h18H,6-11H2,1-5H3. The summed E-state index contributed by atoms with van der Waals surface area (Å²) in [6.45, 7) is 14.5. The van der Waals surface area contributed by atoms with Crippen LogP contribution in [0.5, 0.6) is 0 Å². The lowest BCUT2D eigenvalue weighted by Crippen LogP contribution is -2.52. The van der Waals surface area contributed by atoms with E-state index in [1.165, 1.54) is 0 Å². The quantitative estimate of drug-likeness (QED) is 0.814. The van der Waals surface area contributed by atoms with Gasteiger partial charge in [-0.2, -0.15) is 0 Å². The number of aliphatic hydroxyl groups is 1. The summed E-state index contributed by atoms with van der Waals surface area (Å²) in [6.07, 6.45) is 0. The van der Waals surface area contributed by atoms with Crippen molar-refractivity contribution in [3.8, 4) is 0 Å². The van der Waals surface area contributed by atoms with Gasteiger partial charge in [0.15, 0.2) is 5.78 Å². The van der Waals surface area contributed by atoms with E-state index in [-0.39, 0.29) is 5.41 Å². The molecule has 4 heteroatoms. The number of ketones is 1. The number of carbonyl (C=O) groups is 1. The first-order valence-corrected chi connectivity index (χ1v) is 6.78. The largest absolute Gasteiger partial charge is 0.389 e. The molecule has 1 N–H and O–H groups in total. The zero-order valence-electron chi connectivity index (χ0n) is 12.5. The second kappa shape index (κ2) is 5.68. The summed E-state index contributed by atoms with van der Waals surface area (Å²) in [5.74, 6) is 0.304. The highest BCUT2D eigenvalue weighted by Crippen LogP contribution is 2.16. The summed E-state index contributed by atoms with van der Waals surface area (Å²) in [4.78, 5) is 16.4. The molecule has 0 aromatic carbocycles. The minimum atomic E-state index is -0.636. The molecule has 1 aliphatic heterocycles. The Morgan fingerprint density at radius 3 is 1.83 bits per heavy atom. The number of hydrogen-bond acceptors (Lipinski definition) is 4. The Morgan fingerprint density at radius 2 is 1.44 bits per heavy atom. The lowest BCUT2D eigenvalue weighted by Gasteiger charge is -2.37. The van der Waals surface area contributed by atoms with Gasteiger partial charge in [-0.15, -0.1) is 0 Å². The third kappa shape index (κ3) is 5.46. The van der Waals surface area contributed by atoms with Gasteiger partial charge in [-0.05, 0) is 13.8 Å². The molecule has 1 rings (SSSR count). The van der Waals surface area contributed by atoms with Crippen LogP contribution in [0.25, 0.3) is 0 Å². The van der Waals surface area contributed by atoms with Crippen LogP contribution in [0.15, 0.2) is 0 Å². The van der Waals surface area contributed by atoms with Crippen molar-refractivity contribution < 1.29 is 9.90 Å². The molecule has 0 aliphatic carbocycles. The fraction of sp³-hybridized carbons (Fsp3) is 0.929. The van der Waals surface area contributed by atoms with Crippen molar-refractivity contribution >= 4 is 5.78 Å². The molecule has 0 unspecified atom stereocenters. The van der Waals surface area contributed by atoms with Crippen molar-refractivity contribution in [1.29, 1.82) is 0 Å². The minimum Gasteiger partial charge on any atom is -0.389 e. The van der Waals surface area contributed by atoms with Gasteiger partial charge >= 0.3 is 0 Å². The second-order valence-electron chi connectivity index (χ2n) is 7.04. The number of nitrogens with zero attached hydrogens (tertiary/aromatic N) is 2. The maximum atomic E-state index is 11.9. The van der Waals surface area contributed by atoms with E-state index in [0.29, 0.717) is 18.9 Å².